The van der Waals surface area contributed by atoms with Crippen molar-refractivity contribution >= 4 is 87.4 Å². The van der Waals surface area contributed by atoms with E-state index in [4.69, 9.17) is 9.97 Å². The minimum Gasteiger partial charge on any atom is -0.309 e. The van der Waals surface area contributed by atoms with E-state index in [0.717, 1.165) is 72.3 Å². The minimum absolute atomic E-state index is 0.620. The number of aromatic nitrogens is 6. The molecular weight excluding hydrogens is 781 g/mol. The van der Waals surface area contributed by atoms with E-state index in [1.54, 1.807) is 0 Å². The molecule has 9 aromatic carbocycles. The SMILES string of the molecule is c1ccc(-n2c3ccccc3c3ccccc32)c(-c2ccccc2-n2c3ccccc3c3nc(-n4c5ccccc5c5ccccc54)nc(-n4c5ccccc5c5ccccc54)c32)c1. The van der Waals surface area contributed by atoms with Gasteiger partial charge in [0.2, 0.25) is 5.95 Å². The van der Waals surface area contributed by atoms with Crippen LogP contribution in [0, 0.1) is 0 Å². The summed E-state index contributed by atoms with van der Waals surface area (Å²) >= 11 is 0. The first-order valence-corrected chi connectivity index (χ1v) is 21.8. The van der Waals surface area contributed by atoms with Crippen LogP contribution in [0.1, 0.15) is 0 Å². The van der Waals surface area contributed by atoms with Crippen molar-refractivity contribution in [1.82, 2.24) is 28.2 Å². The highest BCUT2D eigenvalue weighted by molar-refractivity contribution is 6.15. The summed E-state index contributed by atoms with van der Waals surface area (Å²) in [6, 6.07) is 78.3. The summed E-state index contributed by atoms with van der Waals surface area (Å²) in [5.41, 5.74) is 13.9. The van der Waals surface area contributed by atoms with E-state index in [1.807, 2.05) is 0 Å². The molecule has 298 valence electrons. The molecule has 0 unspecified atom stereocenters. The molecule has 0 spiro atoms. The Morgan fingerprint density at radius 2 is 0.562 bits per heavy atom. The maximum atomic E-state index is 5.79. The average Bonchev–Trinajstić information content (AvgIpc) is 4.09. The standard InChI is InChI=1S/C58H36N6/c1-10-28-46-37(19-1)38-20-2-11-29-47(38)61(46)48-30-12-3-21-39(48)40-22-4-13-31-49(40)62-54-36-18-9-27-45(54)55-56(62)57(63-50-32-14-5-23-41(50)42-24-6-15-33-51(42)63)60-58(59-55)64-52-34-16-7-25-43(52)44-26-8-17-35-53(44)64/h1-36H. The normalized spacial score (nSPS) is 12.1. The largest absolute Gasteiger partial charge is 0.309 e. The van der Waals surface area contributed by atoms with Gasteiger partial charge in [0, 0.05) is 48.8 Å². The van der Waals surface area contributed by atoms with Crippen LogP contribution in [-0.2, 0) is 0 Å². The first-order chi connectivity index (χ1) is 31.8. The lowest BCUT2D eigenvalue weighted by molar-refractivity contribution is 0.964. The van der Waals surface area contributed by atoms with Crippen molar-refractivity contribution in [3.8, 4) is 34.3 Å². The lowest BCUT2D eigenvalue weighted by atomic mass is 10.0. The Bertz CT molecular complexity index is 4060. The number of hydrogen-bond acceptors (Lipinski definition) is 2. The summed E-state index contributed by atoms with van der Waals surface area (Å²) in [5.74, 6) is 1.43. The summed E-state index contributed by atoms with van der Waals surface area (Å²) < 4.78 is 9.43. The fraction of sp³-hybridized carbons (Fsp3) is 0. The van der Waals surface area contributed by atoms with E-state index in [0.29, 0.717) is 5.95 Å². The second-order valence-corrected chi connectivity index (χ2v) is 16.5. The molecule has 5 aromatic heterocycles. The van der Waals surface area contributed by atoms with Gasteiger partial charge < -0.3 is 9.13 Å². The maximum Gasteiger partial charge on any atom is 0.237 e. The molecule has 0 atom stereocenters. The fourth-order valence-electron chi connectivity index (χ4n) is 10.6. The number of fused-ring (bicyclic) bond motifs is 12. The molecule has 14 rings (SSSR count). The molecule has 0 aliphatic heterocycles. The van der Waals surface area contributed by atoms with Crippen LogP contribution in [-0.4, -0.2) is 28.2 Å². The Labute approximate surface area is 366 Å². The first kappa shape index (κ1) is 34.9. The molecule has 6 nitrogen and oxygen atoms in total. The van der Waals surface area contributed by atoms with Crippen molar-refractivity contribution in [2.24, 2.45) is 0 Å². The predicted molar refractivity (Wildman–Crippen MR) is 265 cm³/mol. The molecule has 5 heterocycles. The molecule has 64 heavy (non-hydrogen) atoms. The van der Waals surface area contributed by atoms with E-state index in [2.05, 4.69) is 237 Å². The maximum absolute atomic E-state index is 5.79. The Morgan fingerprint density at radius 3 is 1.00 bits per heavy atom. The van der Waals surface area contributed by atoms with Gasteiger partial charge in [-0.3, -0.25) is 9.13 Å². The van der Waals surface area contributed by atoms with Gasteiger partial charge in [0.1, 0.15) is 11.0 Å². The van der Waals surface area contributed by atoms with Crippen LogP contribution in [0.2, 0.25) is 0 Å². The van der Waals surface area contributed by atoms with Crippen molar-refractivity contribution in [2.75, 3.05) is 0 Å². The van der Waals surface area contributed by atoms with Gasteiger partial charge in [0.15, 0.2) is 5.82 Å². The van der Waals surface area contributed by atoms with Gasteiger partial charge in [-0.05, 0) is 54.6 Å². The third kappa shape index (κ3) is 4.79. The Kier molecular flexibility index (Phi) is 7.30. The lowest BCUT2D eigenvalue weighted by Gasteiger charge is -2.19. The van der Waals surface area contributed by atoms with Gasteiger partial charge >= 0.3 is 0 Å². The molecule has 14 aromatic rings. The molecular formula is C58H36N6. The van der Waals surface area contributed by atoms with Crippen LogP contribution in [0.5, 0.6) is 0 Å². The summed E-state index contributed by atoms with van der Waals surface area (Å²) in [7, 11) is 0. The summed E-state index contributed by atoms with van der Waals surface area (Å²) in [5, 5.41) is 8.19. The average molecular weight is 817 g/mol. The lowest BCUT2D eigenvalue weighted by Crippen LogP contribution is -2.09. The van der Waals surface area contributed by atoms with Crippen molar-refractivity contribution in [2.45, 2.75) is 0 Å². The zero-order valence-corrected chi connectivity index (χ0v) is 34.5. The second-order valence-electron chi connectivity index (χ2n) is 16.5. The van der Waals surface area contributed by atoms with Crippen molar-refractivity contribution in [1.29, 1.82) is 0 Å². The van der Waals surface area contributed by atoms with E-state index < -0.39 is 0 Å². The molecule has 0 fully saturated rings. The smallest absolute Gasteiger partial charge is 0.237 e. The van der Waals surface area contributed by atoms with Gasteiger partial charge in [-0.25, -0.2) is 4.98 Å². The van der Waals surface area contributed by atoms with Crippen LogP contribution in [0.3, 0.4) is 0 Å². The van der Waals surface area contributed by atoms with Gasteiger partial charge in [0.05, 0.1) is 50.0 Å². The quantitative estimate of drug-likeness (QED) is 0.174. The number of hydrogen-bond donors (Lipinski definition) is 0. The summed E-state index contributed by atoms with van der Waals surface area (Å²) in [4.78, 5) is 11.5. The van der Waals surface area contributed by atoms with Gasteiger partial charge in [-0.15, -0.1) is 0 Å². The zero-order chi connectivity index (χ0) is 41.9. The number of rotatable bonds is 5. The Hall–Kier alpha value is -8.74. The highest BCUT2D eigenvalue weighted by atomic mass is 15.2. The first-order valence-electron chi connectivity index (χ1n) is 21.8. The number of para-hydroxylation sites is 9. The molecule has 0 saturated heterocycles. The molecule has 0 amide bonds. The van der Waals surface area contributed by atoms with Crippen molar-refractivity contribution < 1.29 is 0 Å². The fourth-order valence-corrected chi connectivity index (χ4v) is 10.6. The van der Waals surface area contributed by atoms with Crippen LogP contribution in [0.25, 0.3) is 122 Å². The van der Waals surface area contributed by atoms with Crippen LogP contribution < -0.4 is 0 Å². The third-order valence-corrected chi connectivity index (χ3v) is 13.2. The molecule has 0 bridgehead atoms. The molecule has 0 aliphatic carbocycles. The highest BCUT2D eigenvalue weighted by Gasteiger charge is 2.27. The van der Waals surface area contributed by atoms with Crippen molar-refractivity contribution in [3.05, 3.63) is 218 Å². The predicted octanol–water partition coefficient (Wildman–Crippen LogP) is 14.5. The Morgan fingerprint density at radius 1 is 0.250 bits per heavy atom. The Balaban J connectivity index is 1.14. The summed E-state index contributed by atoms with van der Waals surface area (Å²) in [6.45, 7) is 0. The highest BCUT2D eigenvalue weighted by Crippen LogP contribution is 2.43. The molecule has 0 aliphatic rings. The monoisotopic (exact) mass is 816 g/mol. The summed E-state index contributed by atoms with van der Waals surface area (Å²) in [6.07, 6.45) is 0. The van der Waals surface area contributed by atoms with E-state index in [1.165, 1.54) is 43.4 Å². The van der Waals surface area contributed by atoms with Gasteiger partial charge in [0.25, 0.3) is 0 Å². The van der Waals surface area contributed by atoms with Crippen LogP contribution in [0.15, 0.2) is 218 Å². The van der Waals surface area contributed by atoms with Gasteiger partial charge in [-0.1, -0.05) is 164 Å². The van der Waals surface area contributed by atoms with Crippen LogP contribution in [0.4, 0.5) is 0 Å². The minimum atomic E-state index is 0.620. The van der Waals surface area contributed by atoms with E-state index in [-0.39, 0.29) is 0 Å². The molecule has 0 N–H and O–H groups in total. The molecule has 0 radical (unpaired) electrons. The number of benzene rings is 9. The van der Waals surface area contributed by atoms with E-state index in [9.17, 15) is 0 Å². The number of nitrogens with zero attached hydrogens (tertiary/aromatic N) is 6. The van der Waals surface area contributed by atoms with Crippen molar-refractivity contribution in [3.63, 3.8) is 0 Å². The molecule has 0 saturated carbocycles. The zero-order valence-electron chi connectivity index (χ0n) is 34.5. The third-order valence-electron chi connectivity index (χ3n) is 13.2. The van der Waals surface area contributed by atoms with E-state index >= 15 is 0 Å². The van der Waals surface area contributed by atoms with Gasteiger partial charge in [-0.2, -0.15) is 4.98 Å². The van der Waals surface area contributed by atoms with Crippen LogP contribution >= 0.6 is 0 Å². The molecule has 6 heteroatoms. The topological polar surface area (TPSA) is 45.5 Å². The second kappa shape index (κ2) is 13.4.